The molecule has 0 aromatic carbocycles. The van der Waals surface area contributed by atoms with Gasteiger partial charge in [0.25, 0.3) is 6.33 Å². The molecular formula is C5H6F4N2. The van der Waals surface area contributed by atoms with E-state index in [1.54, 1.807) is 0 Å². The summed E-state index contributed by atoms with van der Waals surface area (Å²) in [5, 5.41) is 0. The zero-order valence-electron chi connectivity index (χ0n) is 5.64. The van der Waals surface area contributed by atoms with E-state index >= 15 is 0 Å². The SMILES string of the molecule is C[n+]1ccn(C(F)(F)F)c1.[F-]. The normalized spacial score (nSPS) is 10.9. The van der Waals surface area contributed by atoms with Crippen molar-refractivity contribution in [2.24, 2.45) is 7.05 Å². The maximum Gasteiger partial charge on any atom is 0.567 e. The predicted molar refractivity (Wildman–Crippen MR) is 26.9 cm³/mol. The Bertz CT molecular complexity index is 227. The third-order valence-corrected chi connectivity index (χ3v) is 1.06. The smallest absolute Gasteiger partial charge is 0.567 e. The van der Waals surface area contributed by atoms with Crippen LogP contribution in [0.25, 0.3) is 0 Å². The summed E-state index contributed by atoms with van der Waals surface area (Å²) in [7, 11) is 1.53. The van der Waals surface area contributed by atoms with Gasteiger partial charge < -0.3 is 4.70 Å². The van der Waals surface area contributed by atoms with Crippen molar-refractivity contribution in [1.82, 2.24) is 4.57 Å². The van der Waals surface area contributed by atoms with Gasteiger partial charge in [-0.2, -0.15) is 0 Å². The summed E-state index contributed by atoms with van der Waals surface area (Å²) >= 11 is 0. The Hall–Kier alpha value is -1.07. The Kier molecular flexibility index (Phi) is 2.61. The Morgan fingerprint density at radius 1 is 1.36 bits per heavy atom. The van der Waals surface area contributed by atoms with Crippen molar-refractivity contribution < 1.29 is 22.4 Å². The van der Waals surface area contributed by atoms with Gasteiger partial charge in [-0.05, 0) is 0 Å². The van der Waals surface area contributed by atoms with Gasteiger partial charge in [-0.25, -0.2) is 4.57 Å². The lowest BCUT2D eigenvalue weighted by molar-refractivity contribution is -0.672. The number of halogens is 4. The van der Waals surface area contributed by atoms with Gasteiger partial charge in [0.15, 0.2) is 0 Å². The molecule has 0 fully saturated rings. The number of hydrogen-bond acceptors (Lipinski definition) is 0. The first kappa shape index (κ1) is 9.93. The van der Waals surface area contributed by atoms with Crippen molar-refractivity contribution in [3.8, 4) is 0 Å². The van der Waals surface area contributed by atoms with E-state index in [0.29, 0.717) is 0 Å². The highest BCUT2D eigenvalue weighted by molar-refractivity contribution is 4.68. The molecule has 0 saturated carbocycles. The van der Waals surface area contributed by atoms with Gasteiger partial charge in [-0.3, -0.25) is 0 Å². The summed E-state index contributed by atoms with van der Waals surface area (Å²) in [5.74, 6) is 0. The number of aryl methyl sites for hydroxylation is 1. The fraction of sp³-hybridized carbons (Fsp3) is 0.400. The first-order valence-corrected chi connectivity index (χ1v) is 2.60. The Morgan fingerprint density at radius 3 is 2.09 bits per heavy atom. The minimum atomic E-state index is -4.29. The lowest BCUT2D eigenvalue weighted by atomic mass is 10.9. The molecule has 0 aliphatic carbocycles. The van der Waals surface area contributed by atoms with Gasteiger partial charge in [0, 0.05) is 0 Å². The van der Waals surface area contributed by atoms with Crippen molar-refractivity contribution in [2.75, 3.05) is 0 Å². The van der Waals surface area contributed by atoms with Crippen molar-refractivity contribution in [3.05, 3.63) is 18.7 Å². The van der Waals surface area contributed by atoms with Gasteiger partial charge in [-0.1, -0.05) is 0 Å². The molecule has 11 heavy (non-hydrogen) atoms. The molecule has 0 N–H and O–H groups in total. The van der Waals surface area contributed by atoms with E-state index < -0.39 is 6.30 Å². The fourth-order valence-corrected chi connectivity index (χ4v) is 0.600. The topological polar surface area (TPSA) is 8.81 Å². The molecule has 0 aliphatic heterocycles. The molecule has 0 saturated heterocycles. The van der Waals surface area contributed by atoms with Crippen LogP contribution in [0.1, 0.15) is 0 Å². The second-order valence-electron chi connectivity index (χ2n) is 1.95. The molecule has 0 amide bonds. The van der Waals surface area contributed by atoms with Crippen LogP contribution in [0.2, 0.25) is 0 Å². The Labute approximate surface area is 60.2 Å². The minimum Gasteiger partial charge on any atom is -1.00 e. The van der Waals surface area contributed by atoms with E-state index in [0.717, 1.165) is 12.5 Å². The van der Waals surface area contributed by atoms with Crippen LogP contribution in [0, 0.1) is 0 Å². The van der Waals surface area contributed by atoms with Crippen LogP contribution < -0.4 is 9.27 Å². The molecular weight excluding hydrogens is 164 g/mol. The average Bonchev–Trinajstić information content (AvgIpc) is 2.11. The quantitative estimate of drug-likeness (QED) is 0.308. The zero-order valence-corrected chi connectivity index (χ0v) is 5.64. The molecule has 0 spiro atoms. The molecule has 1 aromatic heterocycles. The zero-order chi connectivity index (χ0) is 7.78. The van der Waals surface area contributed by atoms with Crippen LogP contribution in [0.4, 0.5) is 13.2 Å². The number of alkyl halides is 3. The average molecular weight is 170 g/mol. The third kappa shape index (κ3) is 2.21. The van der Waals surface area contributed by atoms with Gasteiger partial charge >= 0.3 is 6.30 Å². The number of imidazole rings is 1. The van der Waals surface area contributed by atoms with Gasteiger partial charge in [0.05, 0.1) is 7.05 Å². The number of rotatable bonds is 0. The molecule has 6 heteroatoms. The van der Waals surface area contributed by atoms with E-state index in [1.165, 1.54) is 17.8 Å². The van der Waals surface area contributed by atoms with E-state index in [-0.39, 0.29) is 9.27 Å². The molecule has 0 bridgehead atoms. The van der Waals surface area contributed by atoms with Crippen molar-refractivity contribution in [2.45, 2.75) is 6.30 Å². The second-order valence-corrected chi connectivity index (χ2v) is 1.95. The summed E-state index contributed by atoms with van der Waals surface area (Å²) in [4.78, 5) is 0. The fourth-order valence-electron chi connectivity index (χ4n) is 0.600. The van der Waals surface area contributed by atoms with Crippen LogP contribution >= 0.6 is 0 Å². The highest BCUT2D eigenvalue weighted by Crippen LogP contribution is 2.19. The molecule has 2 nitrogen and oxygen atoms in total. The molecule has 1 rings (SSSR count). The summed E-state index contributed by atoms with van der Waals surface area (Å²) < 4.78 is 36.8. The molecule has 0 radical (unpaired) electrons. The predicted octanol–water partition coefficient (Wildman–Crippen LogP) is -2.21. The monoisotopic (exact) mass is 170 g/mol. The Balaban J connectivity index is 0.000001000. The molecule has 0 unspecified atom stereocenters. The lowest BCUT2D eigenvalue weighted by Crippen LogP contribution is -3.00. The summed E-state index contributed by atoms with van der Waals surface area (Å²) in [5.41, 5.74) is 0. The molecule has 0 atom stereocenters. The molecule has 1 aromatic rings. The van der Waals surface area contributed by atoms with E-state index in [9.17, 15) is 13.2 Å². The van der Waals surface area contributed by atoms with Crippen molar-refractivity contribution in [3.63, 3.8) is 0 Å². The maximum atomic E-state index is 11.8. The van der Waals surface area contributed by atoms with Crippen molar-refractivity contribution >= 4 is 0 Å². The van der Waals surface area contributed by atoms with Gasteiger partial charge in [0.2, 0.25) is 0 Å². The van der Waals surface area contributed by atoms with Gasteiger partial charge in [0.1, 0.15) is 12.4 Å². The van der Waals surface area contributed by atoms with E-state index in [1.807, 2.05) is 0 Å². The number of aromatic nitrogens is 2. The van der Waals surface area contributed by atoms with Crippen molar-refractivity contribution in [1.29, 1.82) is 0 Å². The van der Waals surface area contributed by atoms with Gasteiger partial charge in [-0.15, -0.1) is 17.7 Å². The summed E-state index contributed by atoms with van der Waals surface area (Å²) in [6.07, 6.45) is -1.05. The van der Waals surface area contributed by atoms with E-state index in [2.05, 4.69) is 0 Å². The first-order chi connectivity index (χ1) is 4.50. The standard InChI is InChI=1S/C5H6F3N2.FH/c1-9-2-3-10(4-9)5(6,7)8;/h2-4H,1H3;1H/q+1;/p-1. The molecule has 0 aliphatic rings. The highest BCUT2D eigenvalue weighted by atomic mass is 19.4. The van der Waals surface area contributed by atoms with Crippen LogP contribution in [-0.2, 0) is 13.3 Å². The molecule has 64 valence electrons. The van der Waals surface area contributed by atoms with Crippen LogP contribution in [-0.4, -0.2) is 4.57 Å². The summed E-state index contributed by atoms with van der Waals surface area (Å²) in [6, 6.07) is 0. The minimum absolute atomic E-state index is 0. The van der Waals surface area contributed by atoms with Crippen LogP contribution in [0.15, 0.2) is 18.7 Å². The maximum absolute atomic E-state index is 11.8. The van der Waals surface area contributed by atoms with E-state index in [4.69, 9.17) is 0 Å². The third-order valence-electron chi connectivity index (χ3n) is 1.06. The van der Waals surface area contributed by atoms with Crippen LogP contribution in [0.3, 0.4) is 0 Å². The largest absolute Gasteiger partial charge is 1.00 e. The first-order valence-electron chi connectivity index (χ1n) is 2.60. The Morgan fingerprint density at radius 2 is 1.91 bits per heavy atom. The summed E-state index contributed by atoms with van der Waals surface area (Å²) in [6.45, 7) is 0. The number of hydrogen-bond donors (Lipinski definition) is 0. The molecule has 1 heterocycles. The number of nitrogens with zero attached hydrogens (tertiary/aromatic N) is 2. The highest BCUT2D eigenvalue weighted by Gasteiger charge is 2.36. The second kappa shape index (κ2) is 2.89. The lowest BCUT2D eigenvalue weighted by Gasteiger charge is -1.97. The van der Waals surface area contributed by atoms with Crippen LogP contribution in [0.5, 0.6) is 0 Å².